The molecular weight excluding hydrogens is 302 g/mol. The zero-order valence-electron chi connectivity index (χ0n) is 12.1. The molecule has 0 bridgehead atoms. The van der Waals surface area contributed by atoms with Gasteiger partial charge in [-0.2, -0.15) is 0 Å². The molecule has 0 aliphatic carbocycles. The Morgan fingerprint density at radius 1 is 1.23 bits per heavy atom. The van der Waals surface area contributed by atoms with Crippen LogP contribution < -0.4 is 10.4 Å². The largest absolute Gasteiger partial charge is 0.493 e. The number of pyridine rings is 1. The zero-order valence-corrected chi connectivity index (χ0v) is 12.9. The monoisotopic (exact) mass is 317 g/mol. The van der Waals surface area contributed by atoms with E-state index in [1.54, 1.807) is 6.20 Å². The van der Waals surface area contributed by atoms with E-state index in [0.29, 0.717) is 6.61 Å². The van der Waals surface area contributed by atoms with Crippen LogP contribution in [0.3, 0.4) is 0 Å². The first-order chi connectivity index (χ1) is 10.2. The first-order valence-corrected chi connectivity index (χ1v) is 6.75. The number of aryl methyl sites for hydroxylation is 1. The second-order valence-electron chi connectivity index (χ2n) is 4.81. The number of fused-ring (bicyclic) bond motifs is 1. The number of benzene rings is 1. The third-order valence-electron chi connectivity index (χ3n) is 3.16. The van der Waals surface area contributed by atoms with Crippen LogP contribution >= 0.6 is 12.4 Å². The third-order valence-corrected chi connectivity index (χ3v) is 3.16. The summed E-state index contributed by atoms with van der Waals surface area (Å²) >= 11 is 0. The number of rotatable bonds is 4. The Hall–Kier alpha value is -2.40. The van der Waals surface area contributed by atoms with Crippen LogP contribution in [-0.2, 0) is 6.42 Å². The molecule has 0 radical (unpaired) electrons. The molecule has 0 saturated carbocycles. The maximum absolute atomic E-state index is 11.2. The van der Waals surface area contributed by atoms with Crippen LogP contribution in [0.2, 0.25) is 0 Å². The van der Waals surface area contributed by atoms with Crippen LogP contribution in [0.5, 0.6) is 5.75 Å². The van der Waals surface area contributed by atoms with Gasteiger partial charge in [0.1, 0.15) is 5.75 Å². The Morgan fingerprint density at radius 2 is 2.09 bits per heavy atom. The summed E-state index contributed by atoms with van der Waals surface area (Å²) in [6, 6.07) is 11.5. The first-order valence-electron chi connectivity index (χ1n) is 6.75. The van der Waals surface area contributed by atoms with Crippen molar-refractivity contribution in [3.8, 4) is 5.75 Å². The van der Waals surface area contributed by atoms with E-state index in [1.807, 2.05) is 43.3 Å². The fourth-order valence-electron chi connectivity index (χ4n) is 2.13. The van der Waals surface area contributed by atoms with E-state index < -0.39 is 0 Å². The molecule has 3 rings (SSSR count). The van der Waals surface area contributed by atoms with E-state index in [9.17, 15) is 4.79 Å². The smallest absolute Gasteiger partial charge is 0.345 e. The quantitative estimate of drug-likeness (QED) is 0.803. The Balaban J connectivity index is 0.00000176. The molecule has 1 N–H and O–H groups in total. The summed E-state index contributed by atoms with van der Waals surface area (Å²) < 4.78 is 5.72. The molecule has 0 spiro atoms. The van der Waals surface area contributed by atoms with Crippen molar-refractivity contribution in [1.82, 2.24) is 15.0 Å². The summed E-state index contributed by atoms with van der Waals surface area (Å²) in [6.07, 6.45) is 2.29. The van der Waals surface area contributed by atoms with Crippen molar-refractivity contribution in [2.45, 2.75) is 13.3 Å². The number of aromatic amines is 1. The molecule has 0 fully saturated rings. The first kappa shape index (κ1) is 16.0. The van der Waals surface area contributed by atoms with E-state index in [2.05, 4.69) is 15.0 Å². The zero-order chi connectivity index (χ0) is 14.7. The lowest BCUT2D eigenvalue weighted by Crippen LogP contribution is -2.08. The third kappa shape index (κ3) is 3.83. The molecule has 0 atom stereocenters. The number of aromatic nitrogens is 3. The van der Waals surface area contributed by atoms with Crippen molar-refractivity contribution in [3.63, 3.8) is 0 Å². The fourth-order valence-corrected chi connectivity index (χ4v) is 2.13. The van der Waals surface area contributed by atoms with Crippen molar-refractivity contribution in [3.05, 3.63) is 64.5 Å². The molecule has 3 aromatic rings. The predicted molar refractivity (Wildman–Crippen MR) is 87.8 cm³/mol. The molecule has 114 valence electrons. The van der Waals surface area contributed by atoms with E-state index in [1.165, 1.54) is 0 Å². The molecule has 0 aliphatic heterocycles. The Morgan fingerprint density at radius 3 is 2.91 bits per heavy atom. The van der Waals surface area contributed by atoms with Gasteiger partial charge in [0.05, 0.1) is 12.1 Å². The number of hydrogen-bond donors (Lipinski definition) is 1. The lowest BCUT2D eigenvalue weighted by Gasteiger charge is -2.07. The van der Waals surface area contributed by atoms with Gasteiger partial charge in [0.25, 0.3) is 0 Å². The molecule has 0 amide bonds. The fraction of sp³-hybridized carbons (Fsp3) is 0.188. The van der Waals surface area contributed by atoms with Gasteiger partial charge in [0.15, 0.2) is 0 Å². The van der Waals surface area contributed by atoms with Crippen LogP contribution in [0.1, 0.15) is 11.4 Å². The lowest BCUT2D eigenvalue weighted by molar-refractivity contribution is 0.321. The van der Waals surface area contributed by atoms with E-state index in [4.69, 9.17) is 4.74 Å². The molecule has 2 heterocycles. The molecule has 1 aromatic carbocycles. The van der Waals surface area contributed by atoms with Gasteiger partial charge in [-0.15, -0.1) is 12.4 Å². The summed E-state index contributed by atoms with van der Waals surface area (Å²) in [5.74, 6) is 0.719. The summed E-state index contributed by atoms with van der Waals surface area (Å²) in [5, 5.41) is 0.877. The van der Waals surface area contributed by atoms with Crippen LogP contribution in [0.25, 0.3) is 10.9 Å². The standard InChI is InChI=1S/C16H15N3O2.ClH/c1-11-3-2-4-13(18-11)7-8-21-14-6-5-12-10-17-16(20)19-15(12)9-14;/h2-6,9-10H,7-8H2,1H3,(H,17,19,20);1H. The summed E-state index contributed by atoms with van der Waals surface area (Å²) in [5.41, 5.74) is 2.38. The van der Waals surface area contributed by atoms with Crippen LogP contribution in [0.15, 0.2) is 47.4 Å². The molecular formula is C16H16ClN3O2. The second-order valence-corrected chi connectivity index (χ2v) is 4.81. The Bertz CT molecular complexity index is 833. The molecule has 5 nitrogen and oxygen atoms in total. The van der Waals surface area contributed by atoms with Gasteiger partial charge < -0.3 is 9.72 Å². The van der Waals surface area contributed by atoms with Crippen molar-refractivity contribution in [2.75, 3.05) is 6.61 Å². The molecule has 6 heteroatoms. The van der Waals surface area contributed by atoms with Crippen molar-refractivity contribution >= 4 is 23.3 Å². The maximum atomic E-state index is 11.2. The molecule has 22 heavy (non-hydrogen) atoms. The van der Waals surface area contributed by atoms with Crippen LogP contribution in [-0.4, -0.2) is 21.6 Å². The Labute approximate surface area is 133 Å². The predicted octanol–water partition coefficient (Wildman–Crippen LogP) is 2.67. The highest BCUT2D eigenvalue weighted by Crippen LogP contribution is 2.17. The number of ether oxygens (including phenoxy) is 1. The topological polar surface area (TPSA) is 67.9 Å². The second kappa shape index (κ2) is 7.04. The van der Waals surface area contributed by atoms with Gasteiger partial charge in [-0.1, -0.05) is 6.07 Å². The lowest BCUT2D eigenvalue weighted by atomic mass is 10.2. The molecule has 0 unspecified atom stereocenters. The minimum absolute atomic E-state index is 0. The highest BCUT2D eigenvalue weighted by molar-refractivity contribution is 5.85. The molecule has 2 aromatic heterocycles. The summed E-state index contributed by atoms with van der Waals surface area (Å²) in [6.45, 7) is 2.51. The number of H-pyrrole nitrogens is 1. The van der Waals surface area contributed by atoms with Gasteiger partial charge in [-0.3, -0.25) is 4.98 Å². The van der Waals surface area contributed by atoms with Gasteiger partial charge in [0.2, 0.25) is 0 Å². The van der Waals surface area contributed by atoms with Gasteiger partial charge in [-0.05, 0) is 31.2 Å². The normalized spacial score (nSPS) is 10.2. The van der Waals surface area contributed by atoms with E-state index in [-0.39, 0.29) is 18.1 Å². The van der Waals surface area contributed by atoms with E-state index in [0.717, 1.165) is 34.5 Å². The highest BCUT2D eigenvalue weighted by atomic mass is 35.5. The Kier molecular flexibility index (Phi) is 5.12. The van der Waals surface area contributed by atoms with Crippen molar-refractivity contribution in [1.29, 1.82) is 0 Å². The average molecular weight is 318 g/mol. The maximum Gasteiger partial charge on any atom is 0.345 e. The number of halogens is 1. The number of nitrogens with one attached hydrogen (secondary N) is 1. The minimum Gasteiger partial charge on any atom is -0.493 e. The van der Waals surface area contributed by atoms with E-state index >= 15 is 0 Å². The van der Waals surface area contributed by atoms with Crippen molar-refractivity contribution < 1.29 is 4.74 Å². The van der Waals surface area contributed by atoms with Gasteiger partial charge >= 0.3 is 5.69 Å². The average Bonchev–Trinajstić information content (AvgIpc) is 2.47. The molecule has 0 aliphatic rings. The van der Waals surface area contributed by atoms with Gasteiger partial charge in [0, 0.05) is 35.5 Å². The SMILES string of the molecule is Cc1cccc(CCOc2ccc3cnc(=O)[nH]c3c2)n1.Cl. The summed E-state index contributed by atoms with van der Waals surface area (Å²) in [7, 11) is 0. The summed E-state index contributed by atoms with van der Waals surface area (Å²) in [4.78, 5) is 22.0. The minimum atomic E-state index is -0.358. The molecule has 0 saturated heterocycles. The van der Waals surface area contributed by atoms with Crippen LogP contribution in [0, 0.1) is 6.92 Å². The van der Waals surface area contributed by atoms with Gasteiger partial charge in [-0.25, -0.2) is 9.78 Å². The van der Waals surface area contributed by atoms with Crippen LogP contribution in [0.4, 0.5) is 0 Å². The number of nitrogens with zero attached hydrogens (tertiary/aromatic N) is 2. The number of hydrogen-bond acceptors (Lipinski definition) is 4. The highest BCUT2D eigenvalue weighted by Gasteiger charge is 2.00. The van der Waals surface area contributed by atoms with Crippen molar-refractivity contribution in [2.24, 2.45) is 0 Å².